The molecule has 0 aliphatic heterocycles. The number of para-hydroxylation sites is 1. The highest BCUT2D eigenvalue weighted by Crippen LogP contribution is 2.23. The maximum absolute atomic E-state index is 12.8. The van der Waals surface area contributed by atoms with Crippen LogP contribution in [0, 0.1) is 13.8 Å². The van der Waals surface area contributed by atoms with Crippen LogP contribution in [0.5, 0.6) is 0 Å². The molecule has 0 saturated heterocycles. The summed E-state index contributed by atoms with van der Waals surface area (Å²) in [5, 5.41) is 12.6. The molecule has 0 saturated carbocycles. The van der Waals surface area contributed by atoms with E-state index in [2.05, 4.69) is 25.7 Å². The third-order valence-corrected chi connectivity index (χ3v) is 4.84. The predicted molar refractivity (Wildman–Crippen MR) is 115 cm³/mol. The van der Waals surface area contributed by atoms with Gasteiger partial charge in [0.1, 0.15) is 0 Å². The molecule has 2 aromatic heterocycles. The lowest BCUT2D eigenvalue weighted by atomic mass is 10.0. The van der Waals surface area contributed by atoms with Crippen LogP contribution in [-0.4, -0.2) is 27.3 Å². The Morgan fingerprint density at radius 1 is 1.17 bits per heavy atom. The minimum absolute atomic E-state index is 0.293. The van der Waals surface area contributed by atoms with Crippen molar-refractivity contribution in [3.63, 3.8) is 0 Å². The van der Waals surface area contributed by atoms with Crippen LogP contribution >= 0.6 is 11.6 Å². The summed E-state index contributed by atoms with van der Waals surface area (Å²) in [6, 6.07) is 14.9. The second-order valence-electron chi connectivity index (χ2n) is 6.69. The van der Waals surface area contributed by atoms with Gasteiger partial charge in [0.05, 0.1) is 29.2 Å². The number of aromatic amines is 1. The Balaban J connectivity index is 1.58. The van der Waals surface area contributed by atoms with Gasteiger partial charge in [-0.15, -0.1) is 0 Å². The van der Waals surface area contributed by atoms with E-state index in [0.29, 0.717) is 10.6 Å². The van der Waals surface area contributed by atoms with Gasteiger partial charge in [0, 0.05) is 27.2 Å². The largest absolute Gasteiger partial charge is 0.277 e. The number of carbonyl (C=O) groups excluding carboxylic acids is 1. The molecule has 0 aliphatic carbocycles. The number of hydrogen-bond acceptors (Lipinski definition) is 4. The fourth-order valence-corrected chi connectivity index (χ4v) is 3.30. The highest BCUT2D eigenvalue weighted by atomic mass is 35.5. The molecule has 7 heteroatoms. The van der Waals surface area contributed by atoms with Crippen molar-refractivity contribution in [3.8, 4) is 11.3 Å². The number of rotatable bonds is 4. The SMILES string of the molecule is Cc1cc(C(=O)NN=Cc2cn[nH]c2-c2ccc(Cl)cc2)c2cccc(C)c2n1. The van der Waals surface area contributed by atoms with Gasteiger partial charge in [-0.1, -0.05) is 41.9 Å². The average Bonchev–Trinajstić information content (AvgIpc) is 3.17. The summed E-state index contributed by atoms with van der Waals surface area (Å²) in [4.78, 5) is 17.3. The number of nitrogens with one attached hydrogen (secondary N) is 2. The van der Waals surface area contributed by atoms with E-state index in [9.17, 15) is 4.79 Å². The van der Waals surface area contributed by atoms with Crippen molar-refractivity contribution in [2.45, 2.75) is 13.8 Å². The summed E-state index contributed by atoms with van der Waals surface area (Å²) in [5.41, 5.74) is 8.23. The van der Waals surface area contributed by atoms with Crippen LogP contribution in [0.4, 0.5) is 0 Å². The molecule has 0 atom stereocenters. The number of pyridine rings is 1. The predicted octanol–water partition coefficient (Wildman–Crippen LogP) is 4.66. The summed E-state index contributed by atoms with van der Waals surface area (Å²) in [7, 11) is 0. The van der Waals surface area contributed by atoms with E-state index < -0.39 is 0 Å². The first-order valence-corrected chi connectivity index (χ1v) is 9.40. The van der Waals surface area contributed by atoms with Crippen LogP contribution in [0.25, 0.3) is 22.2 Å². The zero-order chi connectivity index (χ0) is 20.4. The van der Waals surface area contributed by atoms with Crippen LogP contribution in [0.15, 0.2) is 59.8 Å². The number of fused-ring (bicyclic) bond motifs is 1. The molecule has 0 radical (unpaired) electrons. The number of hydrogen-bond donors (Lipinski definition) is 2. The van der Waals surface area contributed by atoms with Crippen molar-refractivity contribution in [1.29, 1.82) is 0 Å². The first kappa shape index (κ1) is 18.8. The number of halogens is 1. The second kappa shape index (κ2) is 7.85. The smallest absolute Gasteiger partial charge is 0.272 e. The molecule has 1 amide bonds. The Morgan fingerprint density at radius 2 is 1.97 bits per heavy atom. The molecule has 6 nitrogen and oxygen atoms in total. The molecule has 29 heavy (non-hydrogen) atoms. The Kier molecular flexibility index (Phi) is 5.10. The van der Waals surface area contributed by atoms with Gasteiger partial charge in [0.25, 0.3) is 5.91 Å². The van der Waals surface area contributed by atoms with Crippen molar-refractivity contribution < 1.29 is 4.79 Å². The fraction of sp³-hybridized carbons (Fsp3) is 0.0909. The van der Waals surface area contributed by atoms with Crippen molar-refractivity contribution >= 4 is 34.6 Å². The first-order valence-electron chi connectivity index (χ1n) is 9.02. The average molecular weight is 404 g/mol. The number of carbonyl (C=O) groups is 1. The second-order valence-corrected chi connectivity index (χ2v) is 7.13. The number of nitrogens with zero attached hydrogens (tertiary/aromatic N) is 3. The summed E-state index contributed by atoms with van der Waals surface area (Å²) < 4.78 is 0. The van der Waals surface area contributed by atoms with Crippen LogP contribution < -0.4 is 5.43 Å². The number of benzene rings is 2. The molecule has 2 N–H and O–H groups in total. The maximum atomic E-state index is 12.8. The van der Waals surface area contributed by atoms with Crippen molar-refractivity contribution in [2.75, 3.05) is 0 Å². The molecule has 0 fully saturated rings. The van der Waals surface area contributed by atoms with Crippen LogP contribution in [0.2, 0.25) is 5.02 Å². The summed E-state index contributed by atoms with van der Waals surface area (Å²) in [6.07, 6.45) is 3.21. The minimum atomic E-state index is -0.293. The molecule has 0 unspecified atom stereocenters. The van der Waals surface area contributed by atoms with Gasteiger partial charge in [-0.2, -0.15) is 10.2 Å². The minimum Gasteiger partial charge on any atom is -0.277 e. The standard InChI is InChI=1S/C22H18ClN5O/c1-13-4-3-5-18-19(10-14(2)26-20(13)18)22(29)28-25-12-16-11-24-27-21(16)15-6-8-17(23)9-7-15/h3-12H,1-2H3,(H,24,27)(H,28,29). The Labute approximate surface area is 172 Å². The van der Waals surface area contributed by atoms with Crippen molar-refractivity contribution in [3.05, 3.63) is 82.1 Å². The fourth-order valence-electron chi connectivity index (χ4n) is 3.17. The van der Waals surface area contributed by atoms with Crippen LogP contribution in [-0.2, 0) is 0 Å². The third-order valence-electron chi connectivity index (χ3n) is 4.59. The third kappa shape index (κ3) is 3.88. The van der Waals surface area contributed by atoms with Crippen LogP contribution in [0.1, 0.15) is 27.2 Å². The van der Waals surface area contributed by atoms with Crippen molar-refractivity contribution in [1.82, 2.24) is 20.6 Å². The first-order chi connectivity index (χ1) is 14.0. The summed E-state index contributed by atoms with van der Waals surface area (Å²) >= 11 is 5.95. The molecule has 0 aliphatic rings. The van der Waals surface area contributed by atoms with Gasteiger partial charge in [-0.25, -0.2) is 5.43 Å². The van der Waals surface area contributed by atoms with E-state index in [1.807, 2.05) is 44.2 Å². The Hall–Kier alpha value is -3.51. The van der Waals surface area contributed by atoms with Gasteiger partial charge >= 0.3 is 0 Å². The number of aromatic nitrogens is 3. The normalized spacial score (nSPS) is 11.3. The number of aryl methyl sites for hydroxylation is 2. The van der Waals surface area contributed by atoms with Gasteiger partial charge in [0.15, 0.2) is 0 Å². The van der Waals surface area contributed by atoms with Gasteiger partial charge in [-0.3, -0.25) is 14.9 Å². The number of H-pyrrole nitrogens is 1. The maximum Gasteiger partial charge on any atom is 0.272 e. The molecular weight excluding hydrogens is 386 g/mol. The van der Waals surface area contributed by atoms with E-state index in [0.717, 1.165) is 39.0 Å². The van der Waals surface area contributed by atoms with Crippen LogP contribution in [0.3, 0.4) is 0 Å². The number of amides is 1. The molecule has 0 bridgehead atoms. The molecule has 2 aromatic carbocycles. The van der Waals surface area contributed by atoms with E-state index in [-0.39, 0.29) is 5.91 Å². The van der Waals surface area contributed by atoms with Gasteiger partial charge < -0.3 is 0 Å². The quantitative estimate of drug-likeness (QED) is 0.384. The summed E-state index contributed by atoms with van der Waals surface area (Å²) in [6.45, 7) is 3.85. The number of hydrazone groups is 1. The lowest BCUT2D eigenvalue weighted by molar-refractivity contribution is 0.0956. The van der Waals surface area contributed by atoms with Gasteiger partial charge in [-0.05, 0) is 37.6 Å². The van der Waals surface area contributed by atoms with E-state index in [1.54, 1.807) is 30.6 Å². The van der Waals surface area contributed by atoms with E-state index in [4.69, 9.17) is 11.6 Å². The molecule has 0 spiro atoms. The lowest BCUT2D eigenvalue weighted by Crippen LogP contribution is -2.18. The van der Waals surface area contributed by atoms with Gasteiger partial charge in [0.2, 0.25) is 0 Å². The van der Waals surface area contributed by atoms with E-state index in [1.165, 1.54) is 0 Å². The highest BCUT2D eigenvalue weighted by Gasteiger charge is 2.13. The molecule has 4 aromatic rings. The Morgan fingerprint density at radius 3 is 2.76 bits per heavy atom. The zero-order valence-corrected chi connectivity index (χ0v) is 16.7. The zero-order valence-electron chi connectivity index (χ0n) is 15.9. The molecule has 4 rings (SSSR count). The Bertz CT molecular complexity index is 1230. The lowest BCUT2D eigenvalue weighted by Gasteiger charge is -2.08. The highest BCUT2D eigenvalue weighted by molar-refractivity contribution is 6.30. The topological polar surface area (TPSA) is 83.0 Å². The molecule has 144 valence electrons. The van der Waals surface area contributed by atoms with E-state index >= 15 is 0 Å². The molecule has 2 heterocycles. The van der Waals surface area contributed by atoms with Crippen molar-refractivity contribution in [2.24, 2.45) is 5.10 Å². The summed E-state index contributed by atoms with van der Waals surface area (Å²) in [5.74, 6) is -0.293. The molecular formula is C22H18ClN5O. The monoisotopic (exact) mass is 403 g/mol.